The minimum absolute atomic E-state index is 0.00120. The molecular formula is C25H35N3O6S. The molecule has 0 saturated carbocycles. The number of hydrogen-bond donors (Lipinski definition) is 1. The molecule has 10 heteroatoms. The lowest BCUT2D eigenvalue weighted by atomic mass is 10.1. The Morgan fingerprint density at radius 3 is 2.00 bits per heavy atom. The van der Waals surface area contributed by atoms with Crippen molar-refractivity contribution in [3.63, 3.8) is 0 Å². The molecule has 1 fully saturated rings. The molecule has 0 spiro atoms. The Labute approximate surface area is 208 Å². The summed E-state index contributed by atoms with van der Waals surface area (Å²) in [6, 6.07) is 13.1. The van der Waals surface area contributed by atoms with Gasteiger partial charge >= 0.3 is 0 Å². The highest BCUT2D eigenvalue weighted by Crippen LogP contribution is 2.39. The number of carbonyl (C=O) groups excluding carboxylic acids is 1. The van der Waals surface area contributed by atoms with Crippen LogP contribution in [0.3, 0.4) is 0 Å². The fraction of sp³-hybridized carbons (Fsp3) is 0.480. The fourth-order valence-electron chi connectivity index (χ4n) is 3.91. The molecule has 1 aliphatic heterocycles. The summed E-state index contributed by atoms with van der Waals surface area (Å²) in [5, 5.41) is 2.71. The summed E-state index contributed by atoms with van der Waals surface area (Å²) >= 11 is 0. The van der Waals surface area contributed by atoms with Gasteiger partial charge in [0.2, 0.25) is 15.8 Å². The maximum absolute atomic E-state index is 12.8. The lowest BCUT2D eigenvalue weighted by Crippen LogP contribution is -2.50. The van der Waals surface area contributed by atoms with E-state index in [-0.39, 0.29) is 12.3 Å². The van der Waals surface area contributed by atoms with Gasteiger partial charge in [-0.05, 0) is 45.0 Å². The van der Waals surface area contributed by atoms with E-state index in [1.165, 1.54) is 4.31 Å². The summed E-state index contributed by atoms with van der Waals surface area (Å²) in [6.07, 6.45) is 0. The minimum atomic E-state index is -3.49. The van der Waals surface area contributed by atoms with Gasteiger partial charge in [0.15, 0.2) is 11.5 Å². The third kappa shape index (κ3) is 7.02. The Hall–Kier alpha value is -2.98. The molecule has 35 heavy (non-hydrogen) atoms. The molecule has 0 aromatic heterocycles. The summed E-state index contributed by atoms with van der Waals surface area (Å²) in [5.41, 5.74) is 1.40. The first-order valence-corrected chi connectivity index (χ1v) is 13.6. The van der Waals surface area contributed by atoms with E-state index in [1.807, 2.05) is 51.1 Å². The van der Waals surface area contributed by atoms with Gasteiger partial charge in [0.25, 0.3) is 5.91 Å². The van der Waals surface area contributed by atoms with Gasteiger partial charge in [0.05, 0.1) is 25.6 Å². The number of amides is 1. The van der Waals surface area contributed by atoms with Crippen LogP contribution in [-0.2, 0) is 10.0 Å². The summed E-state index contributed by atoms with van der Waals surface area (Å²) in [5.74, 6) is 0.699. The summed E-state index contributed by atoms with van der Waals surface area (Å²) in [4.78, 5) is 15.0. The molecule has 1 saturated heterocycles. The van der Waals surface area contributed by atoms with Crippen molar-refractivity contribution >= 4 is 21.6 Å². The normalized spacial score (nSPS) is 14.4. The van der Waals surface area contributed by atoms with E-state index in [9.17, 15) is 13.2 Å². The van der Waals surface area contributed by atoms with Crippen molar-refractivity contribution in [2.75, 3.05) is 63.2 Å². The molecule has 192 valence electrons. The van der Waals surface area contributed by atoms with E-state index in [0.717, 1.165) is 5.69 Å². The number of nitrogens with zero attached hydrogens (tertiary/aromatic N) is 2. The van der Waals surface area contributed by atoms with Gasteiger partial charge in [-0.3, -0.25) is 4.79 Å². The van der Waals surface area contributed by atoms with Gasteiger partial charge in [0, 0.05) is 44.0 Å². The Morgan fingerprint density at radius 2 is 1.46 bits per heavy atom. The van der Waals surface area contributed by atoms with Crippen molar-refractivity contribution in [3.8, 4) is 17.2 Å². The van der Waals surface area contributed by atoms with E-state index in [0.29, 0.717) is 68.8 Å². The van der Waals surface area contributed by atoms with Crippen molar-refractivity contribution < 1.29 is 27.4 Å². The van der Waals surface area contributed by atoms with Crippen molar-refractivity contribution in [2.24, 2.45) is 0 Å². The number of hydrogen-bond acceptors (Lipinski definition) is 7. The summed E-state index contributed by atoms with van der Waals surface area (Å²) in [7, 11) is -3.49. The first-order valence-electron chi connectivity index (χ1n) is 12.0. The molecule has 0 bridgehead atoms. The second-order valence-electron chi connectivity index (χ2n) is 7.89. The lowest BCUT2D eigenvalue weighted by Gasteiger charge is -2.35. The van der Waals surface area contributed by atoms with Crippen LogP contribution < -0.4 is 24.4 Å². The molecule has 0 unspecified atom stereocenters. The van der Waals surface area contributed by atoms with Crippen molar-refractivity contribution in [3.05, 3.63) is 48.0 Å². The third-order valence-corrected chi connectivity index (χ3v) is 7.44. The SMILES string of the molecule is CCOc1cc(C(=O)NCCS(=O)(=O)N2CCN(c3ccccc3)CC2)cc(OCC)c1OCC. The number of ether oxygens (including phenoxy) is 3. The number of nitrogens with one attached hydrogen (secondary N) is 1. The lowest BCUT2D eigenvalue weighted by molar-refractivity contribution is 0.0955. The van der Waals surface area contributed by atoms with Gasteiger partial charge in [-0.1, -0.05) is 18.2 Å². The zero-order valence-electron chi connectivity index (χ0n) is 20.7. The van der Waals surface area contributed by atoms with Crippen molar-refractivity contribution in [1.82, 2.24) is 9.62 Å². The highest BCUT2D eigenvalue weighted by molar-refractivity contribution is 7.89. The minimum Gasteiger partial charge on any atom is -0.490 e. The maximum Gasteiger partial charge on any atom is 0.251 e. The Morgan fingerprint density at radius 1 is 0.886 bits per heavy atom. The van der Waals surface area contributed by atoms with Crippen LogP contribution in [0.1, 0.15) is 31.1 Å². The molecule has 2 aromatic carbocycles. The van der Waals surface area contributed by atoms with E-state index in [1.54, 1.807) is 12.1 Å². The van der Waals surface area contributed by atoms with Crippen LogP contribution in [-0.4, -0.2) is 76.9 Å². The highest BCUT2D eigenvalue weighted by atomic mass is 32.2. The van der Waals surface area contributed by atoms with Crippen LogP contribution in [0.5, 0.6) is 17.2 Å². The zero-order chi connectivity index (χ0) is 25.3. The van der Waals surface area contributed by atoms with Gasteiger partial charge in [0.1, 0.15) is 0 Å². The average Bonchev–Trinajstić information content (AvgIpc) is 2.86. The molecule has 1 amide bonds. The van der Waals surface area contributed by atoms with Gasteiger partial charge in [-0.2, -0.15) is 4.31 Å². The smallest absolute Gasteiger partial charge is 0.251 e. The van der Waals surface area contributed by atoms with E-state index >= 15 is 0 Å². The maximum atomic E-state index is 12.8. The number of benzene rings is 2. The number of carbonyl (C=O) groups is 1. The summed E-state index contributed by atoms with van der Waals surface area (Å²) in [6.45, 7) is 8.83. The molecule has 1 aliphatic rings. The van der Waals surface area contributed by atoms with E-state index in [4.69, 9.17) is 14.2 Å². The van der Waals surface area contributed by atoms with Crippen LogP contribution in [0, 0.1) is 0 Å². The second kappa shape index (κ2) is 12.6. The monoisotopic (exact) mass is 505 g/mol. The highest BCUT2D eigenvalue weighted by Gasteiger charge is 2.27. The standard InChI is InChI=1S/C25H35N3O6S/c1-4-32-22-18-20(19-23(33-5-2)24(22)34-6-3)25(29)26-12-17-35(30,31)28-15-13-27(14-16-28)21-10-8-7-9-11-21/h7-11,18-19H,4-6,12-17H2,1-3H3,(H,26,29). The third-order valence-electron chi connectivity index (χ3n) is 5.57. The molecule has 0 aliphatic carbocycles. The predicted octanol–water partition coefficient (Wildman–Crippen LogP) is 2.76. The van der Waals surface area contributed by atoms with Gasteiger partial charge < -0.3 is 24.4 Å². The number of rotatable bonds is 12. The number of para-hydroxylation sites is 1. The first kappa shape index (κ1) is 26.6. The molecule has 9 nitrogen and oxygen atoms in total. The Balaban J connectivity index is 1.59. The molecule has 3 rings (SSSR count). The predicted molar refractivity (Wildman–Crippen MR) is 136 cm³/mol. The average molecular weight is 506 g/mol. The second-order valence-corrected chi connectivity index (χ2v) is 9.98. The molecule has 2 aromatic rings. The number of sulfonamides is 1. The summed E-state index contributed by atoms with van der Waals surface area (Å²) < 4.78 is 44.2. The molecule has 0 radical (unpaired) electrons. The molecular weight excluding hydrogens is 470 g/mol. The van der Waals surface area contributed by atoms with E-state index < -0.39 is 15.9 Å². The molecule has 1 N–H and O–H groups in total. The number of anilines is 1. The number of piperazine rings is 1. The van der Waals surface area contributed by atoms with Crippen LogP contribution in [0.4, 0.5) is 5.69 Å². The molecule has 1 heterocycles. The van der Waals surface area contributed by atoms with Gasteiger partial charge in [-0.25, -0.2) is 8.42 Å². The Bertz CT molecular complexity index is 1040. The topological polar surface area (TPSA) is 97.4 Å². The van der Waals surface area contributed by atoms with Crippen LogP contribution in [0.15, 0.2) is 42.5 Å². The van der Waals surface area contributed by atoms with E-state index in [2.05, 4.69) is 10.2 Å². The first-order chi connectivity index (χ1) is 16.9. The fourth-order valence-corrected chi connectivity index (χ4v) is 5.25. The van der Waals surface area contributed by atoms with Gasteiger partial charge in [-0.15, -0.1) is 0 Å². The van der Waals surface area contributed by atoms with Crippen LogP contribution >= 0.6 is 0 Å². The quantitative estimate of drug-likeness (QED) is 0.474. The molecule has 0 atom stereocenters. The van der Waals surface area contributed by atoms with Crippen molar-refractivity contribution in [1.29, 1.82) is 0 Å². The van der Waals surface area contributed by atoms with Crippen LogP contribution in [0.25, 0.3) is 0 Å². The largest absolute Gasteiger partial charge is 0.490 e. The van der Waals surface area contributed by atoms with Crippen LogP contribution in [0.2, 0.25) is 0 Å². The van der Waals surface area contributed by atoms with Crippen molar-refractivity contribution in [2.45, 2.75) is 20.8 Å². The Kier molecular flexibility index (Phi) is 9.62. The zero-order valence-corrected chi connectivity index (χ0v) is 21.5.